The maximum Gasteiger partial charge on any atom is 0.227 e. The summed E-state index contributed by atoms with van der Waals surface area (Å²) >= 11 is 0. The van der Waals surface area contributed by atoms with E-state index in [1.54, 1.807) is 30.4 Å². The number of carbonyl (C=O) groups is 1. The number of rotatable bonds is 4. The molecule has 0 N–H and O–H groups in total. The van der Waals surface area contributed by atoms with Crippen molar-refractivity contribution >= 4 is 5.91 Å². The van der Waals surface area contributed by atoms with Crippen molar-refractivity contribution in [3.05, 3.63) is 59.7 Å². The Morgan fingerprint density at radius 3 is 2.46 bits per heavy atom. The Labute approximate surface area is 154 Å². The number of allylic oxidation sites excluding steroid dienone is 3. The van der Waals surface area contributed by atoms with E-state index in [0.717, 1.165) is 38.9 Å². The molecule has 1 aliphatic carbocycles. The number of carbonyl (C=O) groups excluding carboxylic acids is 1. The van der Waals surface area contributed by atoms with Crippen LogP contribution in [0.25, 0.3) is 0 Å². The van der Waals surface area contributed by atoms with E-state index in [1.165, 1.54) is 6.07 Å². The third kappa shape index (κ3) is 5.24. The van der Waals surface area contributed by atoms with Crippen LogP contribution >= 0.6 is 0 Å². The molecule has 5 heteroatoms. The molecule has 3 nitrogen and oxygen atoms in total. The van der Waals surface area contributed by atoms with Crippen LogP contribution in [0.2, 0.25) is 0 Å². The lowest BCUT2D eigenvalue weighted by atomic mass is 9.99. The Morgan fingerprint density at radius 1 is 1.08 bits per heavy atom. The molecule has 1 aromatic carbocycles. The largest absolute Gasteiger partial charge is 0.342 e. The van der Waals surface area contributed by atoms with Crippen molar-refractivity contribution in [2.24, 2.45) is 5.92 Å². The van der Waals surface area contributed by atoms with Crippen LogP contribution in [0.15, 0.2) is 48.3 Å². The maximum atomic E-state index is 13.8. The Bertz CT molecular complexity index is 676. The standard InChI is InChI=1S/C21H26F2N2O/c22-19-9-7-17(8-10-19)16-24-11-3-13-25(14-4-12-24)21(26)15-18-5-1-2-6-20(18)23/h1-2,5-7,9-10,17H,3-4,8,11-16H2. The number of nitrogens with zero attached hydrogens (tertiary/aromatic N) is 2. The highest BCUT2D eigenvalue weighted by Crippen LogP contribution is 2.19. The molecule has 0 radical (unpaired) electrons. The molecule has 0 aromatic heterocycles. The van der Waals surface area contributed by atoms with Crippen molar-refractivity contribution in [1.82, 2.24) is 9.80 Å². The summed E-state index contributed by atoms with van der Waals surface area (Å²) in [5.41, 5.74) is 0.463. The van der Waals surface area contributed by atoms with E-state index in [1.807, 2.05) is 11.0 Å². The third-order valence-corrected chi connectivity index (χ3v) is 5.09. The van der Waals surface area contributed by atoms with Gasteiger partial charge in [0.2, 0.25) is 5.91 Å². The van der Waals surface area contributed by atoms with Crippen molar-refractivity contribution in [1.29, 1.82) is 0 Å². The van der Waals surface area contributed by atoms with Crippen LogP contribution in [0.5, 0.6) is 0 Å². The number of benzene rings is 1. The molecular formula is C21H26F2N2O. The van der Waals surface area contributed by atoms with Gasteiger partial charge in [0.15, 0.2) is 0 Å². The van der Waals surface area contributed by atoms with Gasteiger partial charge in [0.25, 0.3) is 0 Å². The molecular weight excluding hydrogens is 334 g/mol. The molecule has 1 atom stereocenters. The lowest BCUT2D eigenvalue weighted by Gasteiger charge is -2.32. The summed E-state index contributed by atoms with van der Waals surface area (Å²) in [6.07, 6.45) is 7.86. The highest BCUT2D eigenvalue weighted by molar-refractivity contribution is 5.78. The van der Waals surface area contributed by atoms with Crippen molar-refractivity contribution in [2.75, 3.05) is 32.7 Å². The fraction of sp³-hybridized carbons (Fsp3) is 0.476. The third-order valence-electron chi connectivity index (χ3n) is 5.09. The lowest BCUT2D eigenvalue weighted by Crippen LogP contribution is -2.41. The predicted molar refractivity (Wildman–Crippen MR) is 98.8 cm³/mol. The van der Waals surface area contributed by atoms with E-state index in [4.69, 9.17) is 0 Å². The average Bonchev–Trinajstić information content (AvgIpc) is 2.61. The molecule has 1 aromatic rings. The SMILES string of the molecule is O=C(Cc1ccccc1F)N1CCCN(CC2C=CC(F)=CC2)CCC1. The molecule has 1 amide bonds. The zero-order valence-corrected chi connectivity index (χ0v) is 15.0. The highest BCUT2D eigenvalue weighted by atomic mass is 19.1. The Morgan fingerprint density at radius 2 is 1.81 bits per heavy atom. The van der Waals surface area contributed by atoms with Gasteiger partial charge in [0.1, 0.15) is 11.6 Å². The molecule has 1 unspecified atom stereocenters. The van der Waals surface area contributed by atoms with Gasteiger partial charge in [-0.25, -0.2) is 8.78 Å². The maximum absolute atomic E-state index is 13.8. The van der Waals surface area contributed by atoms with Crippen LogP contribution in [-0.4, -0.2) is 48.4 Å². The number of hydrogen-bond acceptors (Lipinski definition) is 2. The van der Waals surface area contributed by atoms with Gasteiger partial charge in [-0.1, -0.05) is 24.3 Å². The Hall–Kier alpha value is -2.01. The molecule has 1 aliphatic heterocycles. The first-order valence-corrected chi connectivity index (χ1v) is 9.39. The molecule has 0 spiro atoms. The minimum atomic E-state index is -0.315. The van der Waals surface area contributed by atoms with Gasteiger partial charge in [0.05, 0.1) is 6.42 Å². The monoisotopic (exact) mass is 360 g/mol. The second-order valence-corrected chi connectivity index (χ2v) is 7.10. The van der Waals surface area contributed by atoms with Crippen LogP contribution in [-0.2, 0) is 11.2 Å². The molecule has 0 bridgehead atoms. The van der Waals surface area contributed by atoms with Crippen LogP contribution in [0.1, 0.15) is 24.8 Å². The molecule has 1 saturated heterocycles. The number of amides is 1. The number of halogens is 2. The smallest absolute Gasteiger partial charge is 0.227 e. The van der Waals surface area contributed by atoms with E-state index in [9.17, 15) is 13.6 Å². The van der Waals surface area contributed by atoms with Gasteiger partial charge < -0.3 is 9.80 Å². The van der Waals surface area contributed by atoms with Gasteiger partial charge >= 0.3 is 0 Å². The first kappa shape index (κ1) is 18.8. The zero-order valence-electron chi connectivity index (χ0n) is 15.0. The number of hydrogen-bond donors (Lipinski definition) is 0. The van der Waals surface area contributed by atoms with Crippen molar-refractivity contribution in [3.8, 4) is 0 Å². The van der Waals surface area contributed by atoms with Crippen molar-refractivity contribution < 1.29 is 13.6 Å². The van der Waals surface area contributed by atoms with Gasteiger partial charge in [-0.3, -0.25) is 4.79 Å². The first-order chi connectivity index (χ1) is 12.6. The van der Waals surface area contributed by atoms with Crippen LogP contribution in [0, 0.1) is 11.7 Å². The minimum absolute atomic E-state index is 0.000578. The molecule has 2 aliphatic rings. The topological polar surface area (TPSA) is 23.6 Å². The lowest BCUT2D eigenvalue weighted by molar-refractivity contribution is -0.131. The van der Waals surface area contributed by atoms with E-state index >= 15 is 0 Å². The molecule has 140 valence electrons. The van der Waals surface area contributed by atoms with E-state index in [0.29, 0.717) is 24.6 Å². The van der Waals surface area contributed by atoms with Crippen LogP contribution in [0.4, 0.5) is 8.78 Å². The predicted octanol–water partition coefficient (Wildman–Crippen LogP) is 3.72. The second-order valence-electron chi connectivity index (χ2n) is 7.10. The van der Waals surface area contributed by atoms with E-state index < -0.39 is 0 Å². The molecule has 1 heterocycles. The highest BCUT2D eigenvalue weighted by Gasteiger charge is 2.20. The average molecular weight is 360 g/mol. The summed E-state index contributed by atoms with van der Waals surface area (Å²) in [5.74, 6) is -0.0879. The Balaban J connectivity index is 1.46. The molecule has 3 rings (SSSR count). The fourth-order valence-corrected chi connectivity index (χ4v) is 3.65. The zero-order chi connectivity index (χ0) is 18.4. The summed E-state index contributed by atoms with van der Waals surface area (Å²) in [5, 5.41) is 0. The summed E-state index contributed by atoms with van der Waals surface area (Å²) < 4.78 is 26.8. The van der Waals surface area contributed by atoms with Crippen molar-refractivity contribution in [3.63, 3.8) is 0 Å². The second kappa shape index (κ2) is 9.08. The van der Waals surface area contributed by atoms with E-state index in [2.05, 4.69) is 4.90 Å². The summed E-state index contributed by atoms with van der Waals surface area (Å²) in [7, 11) is 0. The van der Waals surface area contributed by atoms with Gasteiger partial charge in [-0.15, -0.1) is 0 Å². The summed E-state index contributed by atoms with van der Waals surface area (Å²) in [6.45, 7) is 4.21. The quantitative estimate of drug-likeness (QED) is 0.817. The van der Waals surface area contributed by atoms with Gasteiger partial charge in [-0.2, -0.15) is 0 Å². The van der Waals surface area contributed by atoms with Crippen molar-refractivity contribution in [2.45, 2.75) is 25.7 Å². The normalized spacial score (nSPS) is 21.8. The summed E-state index contributed by atoms with van der Waals surface area (Å²) in [4.78, 5) is 16.8. The first-order valence-electron chi connectivity index (χ1n) is 9.39. The molecule has 26 heavy (non-hydrogen) atoms. The van der Waals surface area contributed by atoms with E-state index in [-0.39, 0.29) is 24.0 Å². The van der Waals surface area contributed by atoms with Crippen LogP contribution in [0.3, 0.4) is 0 Å². The minimum Gasteiger partial charge on any atom is -0.342 e. The Kier molecular flexibility index (Phi) is 6.56. The van der Waals surface area contributed by atoms with Gasteiger partial charge in [-0.05, 0) is 62.1 Å². The van der Waals surface area contributed by atoms with Crippen LogP contribution < -0.4 is 0 Å². The molecule has 0 saturated carbocycles. The summed E-state index contributed by atoms with van der Waals surface area (Å²) in [6, 6.07) is 6.47. The fourth-order valence-electron chi connectivity index (χ4n) is 3.65. The molecule has 1 fully saturated rings. The van der Waals surface area contributed by atoms with Gasteiger partial charge in [0, 0.05) is 19.6 Å².